The van der Waals surface area contributed by atoms with Crippen molar-refractivity contribution in [2.45, 2.75) is 0 Å². The zero-order valence-corrected chi connectivity index (χ0v) is 23.5. The van der Waals surface area contributed by atoms with Gasteiger partial charge >= 0.3 is 0 Å². The summed E-state index contributed by atoms with van der Waals surface area (Å²) in [5.74, 6) is 2.37. The lowest BCUT2D eigenvalue weighted by Crippen LogP contribution is -2.03. The molecule has 0 saturated carbocycles. The Morgan fingerprint density at radius 3 is 2.20 bits per heavy atom. The third kappa shape index (κ3) is 3.22. The first-order valence-corrected chi connectivity index (χ1v) is 14.8. The van der Waals surface area contributed by atoms with Crippen molar-refractivity contribution in [3.05, 3.63) is 140 Å². The fourth-order valence-electron chi connectivity index (χ4n) is 7.03. The van der Waals surface area contributed by atoms with Crippen molar-refractivity contribution in [1.82, 2.24) is 14.5 Å². The van der Waals surface area contributed by atoms with Gasteiger partial charge in [0, 0.05) is 21.7 Å². The van der Waals surface area contributed by atoms with Crippen LogP contribution in [0.25, 0.3) is 82.6 Å². The predicted octanol–water partition coefficient (Wildman–Crippen LogP) is 10.5. The Bertz CT molecular complexity index is 2640. The van der Waals surface area contributed by atoms with E-state index in [1.165, 1.54) is 32.7 Å². The number of hydrogen-bond acceptors (Lipinski definition) is 3. The second kappa shape index (κ2) is 8.76. The van der Waals surface area contributed by atoms with Gasteiger partial charge in [-0.05, 0) is 63.7 Å². The zero-order valence-electron chi connectivity index (χ0n) is 23.5. The maximum absolute atomic E-state index is 6.58. The van der Waals surface area contributed by atoms with Crippen LogP contribution in [0.1, 0.15) is 0 Å². The van der Waals surface area contributed by atoms with Crippen LogP contribution in [0.15, 0.2) is 140 Å². The highest BCUT2D eigenvalue weighted by Gasteiger charge is 2.26. The van der Waals surface area contributed by atoms with E-state index in [0.717, 1.165) is 55.5 Å². The van der Waals surface area contributed by atoms with E-state index in [-0.39, 0.29) is 0 Å². The van der Waals surface area contributed by atoms with E-state index in [0.29, 0.717) is 5.95 Å². The molecular weight excluding hydrogens is 538 g/mol. The predicted molar refractivity (Wildman–Crippen MR) is 180 cm³/mol. The molecule has 44 heavy (non-hydrogen) atoms. The van der Waals surface area contributed by atoms with Gasteiger partial charge in [-0.3, -0.25) is 4.57 Å². The van der Waals surface area contributed by atoms with E-state index in [1.807, 2.05) is 6.07 Å². The maximum atomic E-state index is 6.58. The first kappa shape index (κ1) is 23.6. The lowest BCUT2D eigenvalue weighted by atomic mass is 9.94. The van der Waals surface area contributed by atoms with Crippen molar-refractivity contribution in [2.24, 2.45) is 0 Å². The summed E-state index contributed by atoms with van der Waals surface area (Å²) in [6.07, 6.45) is 0. The zero-order chi connectivity index (χ0) is 28.8. The number of aromatic nitrogens is 3. The maximum Gasteiger partial charge on any atom is 0.235 e. The van der Waals surface area contributed by atoms with Crippen molar-refractivity contribution >= 4 is 54.3 Å². The van der Waals surface area contributed by atoms with Crippen molar-refractivity contribution in [2.75, 3.05) is 0 Å². The Morgan fingerprint density at radius 1 is 0.477 bits per heavy atom. The SMILES string of the molecule is c1ccc(-c2ccc3c4c2ccc2c4c4c(cccc4n2-c2nc(-c4ccc5ccccc5c4)c4ccccc4n2)O3)cc1. The fraction of sp³-hybridized carbons (Fsp3) is 0. The highest BCUT2D eigenvalue weighted by molar-refractivity contribution is 6.27. The molecule has 9 aromatic rings. The number of benzene rings is 7. The van der Waals surface area contributed by atoms with E-state index < -0.39 is 0 Å². The van der Waals surface area contributed by atoms with Crippen LogP contribution in [0.3, 0.4) is 0 Å². The Balaban J connectivity index is 1.31. The largest absolute Gasteiger partial charge is 0.456 e. The standard InChI is InChI=1S/C40H23N3O/c1-2-10-25(11-3-1)28-20-22-35-36-29(28)19-21-33-38(36)37-32(15-8-16-34(37)44-35)43(33)40-41-31-14-7-6-13-30(31)39(42-40)27-18-17-24-9-4-5-12-26(24)23-27/h1-23H. The summed E-state index contributed by atoms with van der Waals surface area (Å²) in [5.41, 5.74) is 7.36. The minimum absolute atomic E-state index is 0.644. The number of para-hydroxylation sites is 1. The third-order valence-electron chi connectivity index (χ3n) is 8.98. The van der Waals surface area contributed by atoms with E-state index in [1.54, 1.807) is 0 Å². The summed E-state index contributed by atoms with van der Waals surface area (Å²) in [7, 11) is 0. The molecule has 0 radical (unpaired) electrons. The highest BCUT2D eigenvalue weighted by atomic mass is 16.5. The molecule has 0 unspecified atom stereocenters. The molecule has 3 heterocycles. The Morgan fingerprint density at radius 2 is 1.27 bits per heavy atom. The van der Waals surface area contributed by atoms with Crippen LogP contribution in [0.5, 0.6) is 11.5 Å². The monoisotopic (exact) mass is 561 g/mol. The average Bonchev–Trinajstić information content (AvgIpc) is 3.44. The molecule has 2 aromatic heterocycles. The second-order valence-electron chi connectivity index (χ2n) is 11.4. The molecule has 0 amide bonds. The molecule has 1 aliphatic rings. The van der Waals surface area contributed by atoms with Gasteiger partial charge in [-0.25, -0.2) is 9.97 Å². The van der Waals surface area contributed by atoms with Crippen molar-refractivity contribution in [3.63, 3.8) is 0 Å². The van der Waals surface area contributed by atoms with E-state index >= 15 is 0 Å². The van der Waals surface area contributed by atoms with Gasteiger partial charge in [0.25, 0.3) is 0 Å². The molecule has 4 heteroatoms. The topological polar surface area (TPSA) is 39.9 Å². The summed E-state index contributed by atoms with van der Waals surface area (Å²) in [4.78, 5) is 10.5. The molecule has 4 nitrogen and oxygen atoms in total. The van der Waals surface area contributed by atoms with Crippen LogP contribution in [-0.4, -0.2) is 14.5 Å². The fourth-order valence-corrected chi connectivity index (χ4v) is 7.03. The Kier molecular flexibility index (Phi) is 4.69. The Hall–Kier alpha value is -6.00. The molecule has 204 valence electrons. The lowest BCUT2D eigenvalue weighted by molar-refractivity contribution is 0.493. The minimum Gasteiger partial charge on any atom is -0.456 e. The van der Waals surface area contributed by atoms with Crippen molar-refractivity contribution in [3.8, 4) is 39.8 Å². The van der Waals surface area contributed by atoms with Gasteiger partial charge in [0.15, 0.2) is 0 Å². The second-order valence-corrected chi connectivity index (χ2v) is 11.4. The lowest BCUT2D eigenvalue weighted by Gasteiger charge is -2.18. The molecule has 0 aliphatic carbocycles. The number of ether oxygens (including phenoxy) is 1. The summed E-state index contributed by atoms with van der Waals surface area (Å²) in [6.45, 7) is 0. The minimum atomic E-state index is 0.644. The van der Waals surface area contributed by atoms with Crippen LogP contribution in [0.4, 0.5) is 0 Å². The van der Waals surface area contributed by atoms with Gasteiger partial charge in [0.05, 0.1) is 27.6 Å². The summed E-state index contributed by atoms with van der Waals surface area (Å²) < 4.78 is 8.78. The van der Waals surface area contributed by atoms with E-state index in [4.69, 9.17) is 14.7 Å². The smallest absolute Gasteiger partial charge is 0.235 e. The van der Waals surface area contributed by atoms with Crippen molar-refractivity contribution < 1.29 is 4.74 Å². The van der Waals surface area contributed by atoms with Crippen LogP contribution in [0.2, 0.25) is 0 Å². The molecule has 10 rings (SSSR count). The van der Waals surface area contributed by atoms with Crippen LogP contribution in [0, 0.1) is 0 Å². The van der Waals surface area contributed by atoms with Gasteiger partial charge in [0.1, 0.15) is 11.5 Å². The molecule has 0 spiro atoms. The first-order chi connectivity index (χ1) is 21.8. The summed E-state index contributed by atoms with van der Waals surface area (Å²) in [5, 5.41) is 7.99. The van der Waals surface area contributed by atoms with Gasteiger partial charge < -0.3 is 4.74 Å². The number of nitrogens with zero attached hydrogens (tertiary/aromatic N) is 3. The van der Waals surface area contributed by atoms with Gasteiger partial charge in [-0.15, -0.1) is 0 Å². The highest BCUT2D eigenvalue weighted by Crippen LogP contribution is 2.50. The van der Waals surface area contributed by atoms with Crippen LogP contribution < -0.4 is 4.74 Å². The summed E-state index contributed by atoms with van der Waals surface area (Å²) >= 11 is 0. The van der Waals surface area contributed by atoms with Gasteiger partial charge in [-0.1, -0.05) is 103 Å². The number of rotatable bonds is 3. The number of hydrogen-bond donors (Lipinski definition) is 0. The van der Waals surface area contributed by atoms with E-state index in [2.05, 4.69) is 138 Å². The molecule has 0 bridgehead atoms. The number of fused-ring (bicyclic) bond motifs is 2. The molecule has 7 aromatic carbocycles. The molecule has 0 atom stereocenters. The average molecular weight is 562 g/mol. The van der Waals surface area contributed by atoms with Gasteiger partial charge in [-0.2, -0.15) is 0 Å². The molecule has 0 saturated heterocycles. The molecular formula is C40H23N3O. The Labute approximate surface area is 252 Å². The summed E-state index contributed by atoms with van der Waals surface area (Å²) in [6, 6.07) is 48.8. The van der Waals surface area contributed by atoms with Crippen LogP contribution >= 0.6 is 0 Å². The van der Waals surface area contributed by atoms with Crippen molar-refractivity contribution in [1.29, 1.82) is 0 Å². The molecule has 0 N–H and O–H groups in total. The van der Waals surface area contributed by atoms with Gasteiger partial charge in [0.2, 0.25) is 5.95 Å². The normalized spacial score (nSPS) is 12.3. The third-order valence-corrected chi connectivity index (χ3v) is 8.98. The molecule has 1 aliphatic heterocycles. The molecule has 0 fully saturated rings. The van der Waals surface area contributed by atoms with Crippen LogP contribution in [-0.2, 0) is 0 Å². The van der Waals surface area contributed by atoms with E-state index in [9.17, 15) is 0 Å². The first-order valence-electron chi connectivity index (χ1n) is 14.8. The quantitative estimate of drug-likeness (QED) is 0.215.